The third-order valence-electron chi connectivity index (χ3n) is 2.17. The molecule has 16 heavy (non-hydrogen) atoms. The lowest BCUT2D eigenvalue weighted by atomic mass is 10.2. The summed E-state index contributed by atoms with van der Waals surface area (Å²) >= 11 is 5.75. The van der Waals surface area contributed by atoms with E-state index in [0.29, 0.717) is 5.02 Å². The van der Waals surface area contributed by atoms with Crippen LogP contribution in [0.1, 0.15) is 13.3 Å². The number of carbonyl (C=O) groups is 1. The molecular formula is C10H11ClN2O3. The number of anilines is 1. The Morgan fingerprint density at radius 1 is 1.56 bits per heavy atom. The standard InChI is InChI=1S/C10H11ClN2O3/c1-3-10(14)12(2)9-6-7(11)4-5-8(9)13(15)16/h4-6H,3H2,1-2H3. The molecule has 0 aliphatic carbocycles. The van der Waals surface area contributed by atoms with Crippen LogP contribution < -0.4 is 4.90 Å². The highest BCUT2D eigenvalue weighted by Gasteiger charge is 2.20. The van der Waals surface area contributed by atoms with Crippen molar-refractivity contribution >= 4 is 28.9 Å². The fourth-order valence-corrected chi connectivity index (χ4v) is 1.46. The monoisotopic (exact) mass is 242 g/mol. The molecular weight excluding hydrogens is 232 g/mol. The lowest BCUT2D eigenvalue weighted by Crippen LogP contribution is -2.25. The fraction of sp³-hybridized carbons (Fsp3) is 0.300. The van der Waals surface area contributed by atoms with Gasteiger partial charge in [-0.3, -0.25) is 14.9 Å². The minimum atomic E-state index is -0.537. The second-order valence-corrected chi connectivity index (χ2v) is 3.63. The van der Waals surface area contributed by atoms with Crippen molar-refractivity contribution in [2.45, 2.75) is 13.3 Å². The van der Waals surface area contributed by atoms with Gasteiger partial charge in [0.25, 0.3) is 5.69 Å². The molecule has 0 radical (unpaired) electrons. The molecule has 1 aromatic rings. The number of nitro groups is 1. The summed E-state index contributed by atoms with van der Waals surface area (Å²) < 4.78 is 0. The molecule has 0 aromatic heterocycles. The summed E-state index contributed by atoms with van der Waals surface area (Å²) in [5.41, 5.74) is 0.0815. The van der Waals surface area contributed by atoms with Gasteiger partial charge in [0.15, 0.2) is 0 Å². The molecule has 0 saturated heterocycles. The van der Waals surface area contributed by atoms with Crippen LogP contribution in [0.3, 0.4) is 0 Å². The van der Waals surface area contributed by atoms with E-state index in [-0.39, 0.29) is 23.7 Å². The molecule has 5 nitrogen and oxygen atoms in total. The summed E-state index contributed by atoms with van der Waals surface area (Å²) in [5, 5.41) is 11.1. The van der Waals surface area contributed by atoms with Crippen LogP contribution >= 0.6 is 11.6 Å². The summed E-state index contributed by atoms with van der Waals surface area (Å²) in [5.74, 6) is -0.203. The molecule has 0 N–H and O–H groups in total. The molecule has 0 fully saturated rings. The van der Waals surface area contributed by atoms with Crippen LogP contribution in [0.25, 0.3) is 0 Å². The van der Waals surface area contributed by atoms with Crippen LogP contribution in [-0.4, -0.2) is 17.9 Å². The molecule has 0 spiro atoms. The second-order valence-electron chi connectivity index (χ2n) is 3.20. The van der Waals surface area contributed by atoms with Crippen molar-refractivity contribution in [1.29, 1.82) is 0 Å². The highest BCUT2D eigenvalue weighted by molar-refractivity contribution is 6.31. The Balaban J connectivity index is 3.24. The second kappa shape index (κ2) is 4.94. The normalized spacial score (nSPS) is 9.94. The molecule has 6 heteroatoms. The molecule has 0 aliphatic heterocycles. The molecule has 1 rings (SSSR count). The van der Waals surface area contributed by atoms with Crippen molar-refractivity contribution in [1.82, 2.24) is 0 Å². The molecule has 0 heterocycles. The first-order valence-corrected chi connectivity index (χ1v) is 5.05. The Morgan fingerprint density at radius 2 is 2.19 bits per heavy atom. The van der Waals surface area contributed by atoms with E-state index in [0.717, 1.165) is 0 Å². The van der Waals surface area contributed by atoms with E-state index in [1.807, 2.05) is 0 Å². The molecule has 86 valence electrons. The average molecular weight is 243 g/mol. The summed E-state index contributed by atoms with van der Waals surface area (Å²) in [4.78, 5) is 22.9. The maximum Gasteiger partial charge on any atom is 0.293 e. The Morgan fingerprint density at radius 3 is 2.69 bits per heavy atom. The first-order chi connectivity index (χ1) is 7.47. The molecule has 0 bridgehead atoms. The van der Waals surface area contributed by atoms with Crippen LogP contribution in [0.4, 0.5) is 11.4 Å². The molecule has 0 unspecified atom stereocenters. The third-order valence-corrected chi connectivity index (χ3v) is 2.41. The Kier molecular flexibility index (Phi) is 3.84. The quantitative estimate of drug-likeness (QED) is 0.605. The van der Waals surface area contributed by atoms with E-state index in [1.165, 1.54) is 30.1 Å². The predicted octanol–water partition coefficient (Wildman–Crippen LogP) is 2.62. The van der Waals surface area contributed by atoms with Gasteiger partial charge in [-0.2, -0.15) is 0 Å². The third kappa shape index (κ3) is 2.49. The van der Waals surface area contributed by atoms with Gasteiger partial charge < -0.3 is 4.90 Å². The average Bonchev–Trinajstić information content (AvgIpc) is 2.26. The first-order valence-electron chi connectivity index (χ1n) is 4.67. The van der Waals surface area contributed by atoms with Gasteiger partial charge >= 0.3 is 0 Å². The number of halogens is 1. The Bertz CT molecular complexity index is 434. The first kappa shape index (κ1) is 12.4. The molecule has 0 atom stereocenters. The zero-order valence-corrected chi connectivity index (χ0v) is 9.69. The molecule has 0 saturated carbocycles. The van der Waals surface area contributed by atoms with Gasteiger partial charge in [-0.1, -0.05) is 18.5 Å². The number of nitrogens with zero attached hydrogens (tertiary/aromatic N) is 2. The number of hydrogen-bond donors (Lipinski definition) is 0. The predicted molar refractivity (Wildman–Crippen MR) is 61.8 cm³/mol. The van der Waals surface area contributed by atoms with Gasteiger partial charge in [0.2, 0.25) is 5.91 Å². The lowest BCUT2D eigenvalue weighted by Gasteiger charge is -2.16. The van der Waals surface area contributed by atoms with Gasteiger partial charge in [0, 0.05) is 24.6 Å². The van der Waals surface area contributed by atoms with Gasteiger partial charge in [0.05, 0.1) is 4.92 Å². The molecule has 1 aromatic carbocycles. The van der Waals surface area contributed by atoms with Crippen molar-refractivity contribution in [2.24, 2.45) is 0 Å². The highest BCUT2D eigenvalue weighted by atomic mass is 35.5. The number of benzene rings is 1. The Labute approximate surface area is 97.8 Å². The Hall–Kier alpha value is -1.62. The van der Waals surface area contributed by atoms with E-state index in [4.69, 9.17) is 11.6 Å². The summed E-state index contributed by atoms with van der Waals surface area (Å²) in [7, 11) is 1.49. The number of amides is 1. The zero-order valence-electron chi connectivity index (χ0n) is 8.94. The zero-order chi connectivity index (χ0) is 12.3. The van der Waals surface area contributed by atoms with Gasteiger partial charge in [-0.05, 0) is 12.1 Å². The fourth-order valence-electron chi connectivity index (χ4n) is 1.29. The van der Waals surface area contributed by atoms with E-state index in [1.54, 1.807) is 6.92 Å². The smallest absolute Gasteiger partial charge is 0.293 e. The topological polar surface area (TPSA) is 63.5 Å². The highest BCUT2D eigenvalue weighted by Crippen LogP contribution is 2.30. The van der Waals surface area contributed by atoms with Crippen molar-refractivity contribution in [3.05, 3.63) is 33.3 Å². The summed E-state index contributed by atoms with van der Waals surface area (Å²) in [6.07, 6.45) is 0.278. The molecule has 0 aliphatic rings. The maximum atomic E-state index is 11.5. The van der Waals surface area contributed by atoms with E-state index in [2.05, 4.69) is 0 Å². The minimum Gasteiger partial charge on any atom is -0.310 e. The van der Waals surface area contributed by atoms with E-state index >= 15 is 0 Å². The van der Waals surface area contributed by atoms with Gasteiger partial charge in [-0.25, -0.2) is 0 Å². The lowest BCUT2D eigenvalue weighted by molar-refractivity contribution is -0.384. The SMILES string of the molecule is CCC(=O)N(C)c1cc(Cl)ccc1[N+](=O)[O-]. The van der Waals surface area contributed by atoms with Crippen LogP contribution in [0.5, 0.6) is 0 Å². The number of carbonyl (C=O) groups excluding carboxylic acids is 1. The largest absolute Gasteiger partial charge is 0.310 e. The van der Waals surface area contributed by atoms with Crippen molar-refractivity contribution in [3.63, 3.8) is 0 Å². The maximum absolute atomic E-state index is 11.5. The van der Waals surface area contributed by atoms with Crippen molar-refractivity contribution in [2.75, 3.05) is 11.9 Å². The van der Waals surface area contributed by atoms with Gasteiger partial charge in [0.1, 0.15) is 5.69 Å². The van der Waals surface area contributed by atoms with Gasteiger partial charge in [-0.15, -0.1) is 0 Å². The summed E-state index contributed by atoms with van der Waals surface area (Å²) in [6, 6.07) is 4.12. The van der Waals surface area contributed by atoms with Crippen molar-refractivity contribution in [3.8, 4) is 0 Å². The van der Waals surface area contributed by atoms with Crippen molar-refractivity contribution < 1.29 is 9.72 Å². The summed E-state index contributed by atoms with van der Waals surface area (Å²) in [6.45, 7) is 1.69. The number of nitro benzene ring substituents is 1. The number of hydrogen-bond acceptors (Lipinski definition) is 3. The van der Waals surface area contributed by atoms with Crippen LogP contribution in [0, 0.1) is 10.1 Å². The number of rotatable bonds is 3. The molecule has 1 amide bonds. The van der Waals surface area contributed by atoms with Crippen LogP contribution in [-0.2, 0) is 4.79 Å². The van der Waals surface area contributed by atoms with E-state index in [9.17, 15) is 14.9 Å². The minimum absolute atomic E-state index is 0.131. The van der Waals surface area contributed by atoms with Crippen LogP contribution in [0.15, 0.2) is 18.2 Å². The van der Waals surface area contributed by atoms with E-state index < -0.39 is 4.92 Å². The van der Waals surface area contributed by atoms with Crippen LogP contribution in [0.2, 0.25) is 5.02 Å².